The molecule has 4 nitrogen and oxygen atoms in total. The highest BCUT2D eigenvalue weighted by Gasteiger charge is 2.39. The number of nitrogens with zero attached hydrogens (tertiary/aromatic N) is 2. The molecule has 1 N–H and O–H groups in total. The number of aryl methyl sites for hydroxylation is 1. The monoisotopic (exact) mass is 267 g/mol. The normalized spacial score (nSPS) is 29.8. The lowest BCUT2D eigenvalue weighted by molar-refractivity contribution is 0.0727. The molecule has 1 atom stereocenters. The number of ether oxygens (including phenoxy) is 1. The number of hydrogen-bond donors (Lipinski definition) is 1. The number of aromatic nitrogens is 1. The molecular weight excluding hydrogens is 246 g/mol. The maximum Gasteiger partial charge on any atom is 0.0897 e. The van der Waals surface area contributed by atoms with Crippen LogP contribution in [0, 0.1) is 12.3 Å². The smallest absolute Gasteiger partial charge is 0.0897 e. The highest BCUT2D eigenvalue weighted by Crippen LogP contribution is 2.32. The van der Waals surface area contributed by atoms with E-state index >= 15 is 0 Å². The largest absolute Gasteiger partial charge is 0.379 e. The van der Waals surface area contributed by atoms with Crippen molar-refractivity contribution in [3.05, 3.63) is 16.1 Å². The van der Waals surface area contributed by atoms with Gasteiger partial charge in [0.05, 0.1) is 23.9 Å². The van der Waals surface area contributed by atoms with E-state index in [2.05, 4.69) is 27.5 Å². The third-order valence-corrected chi connectivity index (χ3v) is 4.72. The van der Waals surface area contributed by atoms with Crippen molar-refractivity contribution in [2.75, 3.05) is 39.4 Å². The lowest BCUT2D eigenvalue weighted by Gasteiger charge is -2.26. The van der Waals surface area contributed by atoms with Crippen LogP contribution in [0.2, 0.25) is 0 Å². The first-order valence-electron chi connectivity index (χ1n) is 6.68. The van der Waals surface area contributed by atoms with Gasteiger partial charge in [0.25, 0.3) is 0 Å². The predicted octanol–water partition coefficient (Wildman–Crippen LogP) is 1.26. The van der Waals surface area contributed by atoms with Crippen LogP contribution in [0.15, 0.2) is 5.38 Å². The molecule has 0 bridgehead atoms. The maximum atomic E-state index is 5.73. The van der Waals surface area contributed by atoms with Gasteiger partial charge in [-0.25, -0.2) is 4.98 Å². The van der Waals surface area contributed by atoms with Crippen molar-refractivity contribution in [1.29, 1.82) is 0 Å². The second-order valence-electron chi connectivity index (χ2n) is 5.55. The van der Waals surface area contributed by atoms with Crippen molar-refractivity contribution >= 4 is 11.3 Å². The molecule has 3 heterocycles. The first-order valence-corrected chi connectivity index (χ1v) is 7.56. The van der Waals surface area contributed by atoms with Crippen LogP contribution < -0.4 is 5.32 Å². The molecule has 3 rings (SSSR count). The lowest BCUT2D eigenvalue weighted by atomic mass is 9.88. The van der Waals surface area contributed by atoms with Crippen molar-refractivity contribution in [3.8, 4) is 0 Å². The van der Waals surface area contributed by atoms with Gasteiger partial charge in [0.15, 0.2) is 0 Å². The Hall–Kier alpha value is -0.490. The van der Waals surface area contributed by atoms with Gasteiger partial charge in [-0.2, -0.15) is 0 Å². The molecule has 18 heavy (non-hydrogen) atoms. The van der Waals surface area contributed by atoms with Gasteiger partial charge >= 0.3 is 0 Å². The third-order valence-electron chi connectivity index (χ3n) is 3.90. The van der Waals surface area contributed by atoms with Crippen molar-refractivity contribution in [2.24, 2.45) is 5.41 Å². The fraction of sp³-hybridized carbons (Fsp3) is 0.769. The molecule has 100 valence electrons. The Labute approximate surface area is 112 Å². The van der Waals surface area contributed by atoms with E-state index in [1.807, 2.05) is 0 Å². The predicted molar refractivity (Wildman–Crippen MR) is 72.9 cm³/mol. The first kappa shape index (κ1) is 12.5. The summed E-state index contributed by atoms with van der Waals surface area (Å²) >= 11 is 1.74. The average molecular weight is 267 g/mol. The van der Waals surface area contributed by atoms with E-state index in [0.29, 0.717) is 5.41 Å². The van der Waals surface area contributed by atoms with E-state index in [1.165, 1.54) is 23.7 Å². The zero-order valence-electron chi connectivity index (χ0n) is 10.9. The Bertz CT molecular complexity index is 399. The lowest BCUT2D eigenvalue weighted by Crippen LogP contribution is -2.38. The van der Waals surface area contributed by atoms with Gasteiger partial charge in [-0.1, -0.05) is 0 Å². The standard InChI is InChI=1S/C13H21N3OS/c1-11-15-12(7-18-11)6-16-4-2-13(9-16)8-14-3-5-17-10-13/h7,14H,2-6,8-10H2,1H3/t13-/m0/s1. The summed E-state index contributed by atoms with van der Waals surface area (Å²) in [4.78, 5) is 7.07. The van der Waals surface area contributed by atoms with E-state index in [0.717, 1.165) is 39.4 Å². The molecule has 0 radical (unpaired) electrons. The topological polar surface area (TPSA) is 37.4 Å². The Morgan fingerprint density at radius 1 is 1.61 bits per heavy atom. The Kier molecular flexibility index (Phi) is 3.66. The summed E-state index contributed by atoms with van der Waals surface area (Å²) in [5, 5.41) is 6.85. The van der Waals surface area contributed by atoms with Crippen molar-refractivity contribution in [1.82, 2.24) is 15.2 Å². The molecule has 0 unspecified atom stereocenters. The highest BCUT2D eigenvalue weighted by molar-refractivity contribution is 7.09. The molecule has 5 heteroatoms. The van der Waals surface area contributed by atoms with E-state index in [4.69, 9.17) is 4.74 Å². The van der Waals surface area contributed by atoms with Crippen LogP contribution in [0.1, 0.15) is 17.1 Å². The summed E-state index contributed by atoms with van der Waals surface area (Å²) in [6.07, 6.45) is 1.24. The van der Waals surface area contributed by atoms with Gasteiger partial charge < -0.3 is 10.1 Å². The molecular formula is C13H21N3OS. The number of rotatable bonds is 2. The van der Waals surface area contributed by atoms with Crippen LogP contribution in [0.3, 0.4) is 0 Å². The first-order chi connectivity index (χ1) is 8.76. The van der Waals surface area contributed by atoms with Gasteiger partial charge in [0.1, 0.15) is 0 Å². The fourth-order valence-electron chi connectivity index (χ4n) is 2.97. The van der Waals surface area contributed by atoms with Gasteiger partial charge in [-0.05, 0) is 19.9 Å². The summed E-state index contributed by atoms with van der Waals surface area (Å²) in [5.41, 5.74) is 1.55. The van der Waals surface area contributed by atoms with Crippen molar-refractivity contribution in [2.45, 2.75) is 19.9 Å². The van der Waals surface area contributed by atoms with E-state index in [1.54, 1.807) is 11.3 Å². The average Bonchev–Trinajstić information content (AvgIpc) is 2.83. The van der Waals surface area contributed by atoms with Crippen LogP contribution in [-0.2, 0) is 11.3 Å². The van der Waals surface area contributed by atoms with Crippen LogP contribution in [0.4, 0.5) is 0 Å². The van der Waals surface area contributed by atoms with Gasteiger partial charge in [-0.3, -0.25) is 4.90 Å². The second-order valence-corrected chi connectivity index (χ2v) is 6.61. The fourth-order valence-corrected chi connectivity index (χ4v) is 3.58. The molecule has 2 fully saturated rings. The number of hydrogen-bond acceptors (Lipinski definition) is 5. The molecule has 2 saturated heterocycles. The highest BCUT2D eigenvalue weighted by atomic mass is 32.1. The van der Waals surface area contributed by atoms with E-state index in [-0.39, 0.29) is 0 Å². The van der Waals surface area contributed by atoms with Crippen LogP contribution in [0.25, 0.3) is 0 Å². The zero-order valence-corrected chi connectivity index (χ0v) is 11.8. The molecule has 1 spiro atoms. The quantitative estimate of drug-likeness (QED) is 0.875. The summed E-state index contributed by atoms with van der Waals surface area (Å²) in [5.74, 6) is 0. The second kappa shape index (κ2) is 5.25. The Morgan fingerprint density at radius 2 is 2.56 bits per heavy atom. The number of nitrogens with one attached hydrogen (secondary N) is 1. The summed E-state index contributed by atoms with van der Waals surface area (Å²) in [6.45, 7) is 9.22. The van der Waals surface area contributed by atoms with Gasteiger partial charge in [0, 0.05) is 37.0 Å². The molecule has 2 aliphatic rings. The van der Waals surface area contributed by atoms with Crippen LogP contribution >= 0.6 is 11.3 Å². The van der Waals surface area contributed by atoms with Gasteiger partial charge in [0.2, 0.25) is 0 Å². The Morgan fingerprint density at radius 3 is 3.39 bits per heavy atom. The molecule has 0 amide bonds. The van der Waals surface area contributed by atoms with E-state index < -0.39 is 0 Å². The van der Waals surface area contributed by atoms with Crippen LogP contribution in [-0.4, -0.2) is 49.3 Å². The van der Waals surface area contributed by atoms with Crippen molar-refractivity contribution < 1.29 is 4.74 Å². The summed E-state index contributed by atoms with van der Waals surface area (Å²) in [7, 11) is 0. The number of thiazole rings is 1. The number of likely N-dealkylation sites (tertiary alicyclic amines) is 1. The Balaban J connectivity index is 1.60. The maximum absolute atomic E-state index is 5.73. The molecule has 0 aliphatic carbocycles. The molecule has 2 aliphatic heterocycles. The van der Waals surface area contributed by atoms with Crippen molar-refractivity contribution in [3.63, 3.8) is 0 Å². The third kappa shape index (κ3) is 2.74. The minimum atomic E-state index is 0.335. The summed E-state index contributed by atoms with van der Waals surface area (Å²) in [6, 6.07) is 0. The van der Waals surface area contributed by atoms with E-state index in [9.17, 15) is 0 Å². The zero-order chi connectivity index (χ0) is 12.4. The summed E-state index contributed by atoms with van der Waals surface area (Å²) < 4.78 is 5.73. The molecule has 1 aromatic heterocycles. The minimum Gasteiger partial charge on any atom is -0.379 e. The molecule has 0 aromatic carbocycles. The molecule has 0 saturated carbocycles. The van der Waals surface area contributed by atoms with Gasteiger partial charge in [-0.15, -0.1) is 11.3 Å². The minimum absolute atomic E-state index is 0.335. The SMILES string of the molecule is Cc1nc(CN2CC[C@]3(CNCCOC3)C2)cs1. The van der Waals surface area contributed by atoms with Crippen LogP contribution in [0.5, 0.6) is 0 Å². The molecule has 1 aromatic rings.